The van der Waals surface area contributed by atoms with Crippen LogP contribution in [-0.2, 0) is 0 Å². The van der Waals surface area contributed by atoms with E-state index in [9.17, 15) is 0 Å². The van der Waals surface area contributed by atoms with E-state index in [1.54, 1.807) is 22.5 Å². The number of hydrogen-bond acceptors (Lipinski definition) is 0. The van der Waals surface area contributed by atoms with E-state index in [2.05, 4.69) is 0 Å². The van der Waals surface area contributed by atoms with Crippen molar-refractivity contribution < 1.29 is 5.48 Å². The molecule has 2 heteroatoms. The SMILES string of the molecule is O.[Sn][CH2]C1CCCCC1. The Hall–Kier alpha value is 0.759. The maximum atomic E-state index is 1.74. The van der Waals surface area contributed by atoms with Crippen LogP contribution < -0.4 is 0 Å². The first-order chi connectivity index (χ1) is 3.93. The molecule has 9 heavy (non-hydrogen) atoms. The van der Waals surface area contributed by atoms with Gasteiger partial charge in [-0.25, -0.2) is 0 Å². The van der Waals surface area contributed by atoms with E-state index in [0.717, 1.165) is 5.92 Å². The van der Waals surface area contributed by atoms with Crippen molar-refractivity contribution in [1.82, 2.24) is 0 Å². The van der Waals surface area contributed by atoms with E-state index in [-0.39, 0.29) is 5.48 Å². The molecule has 0 saturated heterocycles. The van der Waals surface area contributed by atoms with Gasteiger partial charge in [-0.3, -0.25) is 0 Å². The van der Waals surface area contributed by atoms with Gasteiger partial charge in [0.15, 0.2) is 0 Å². The average molecular weight is 234 g/mol. The third-order valence-electron chi connectivity index (χ3n) is 2.01. The molecule has 0 unspecified atom stereocenters. The summed E-state index contributed by atoms with van der Waals surface area (Å²) < 4.78 is 1.51. The van der Waals surface area contributed by atoms with Crippen LogP contribution in [0.5, 0.6) is 0 Å². The molecule has 0 aromatic rings. The fourth-order valence-corrected chi connectivity index (χ4v) is 2.56. The van der Waals surface area contributed by atoms with E-state index in [1.807, 2.05) is 0 Å². The van der Waals surface area contributed by atoms with Gasteiger partial charge in [0, 0.05) is 0 Å². The number of hydrogen-bond donors (Lipinski definition) is 0. The van der Waals surface area contributed by atoms with Crippen LogP contribution in [-0.4, -0.2) is 28.0 Å². The first kappa shape index (κ1) is 9.76. The maximum absolute atomic E-state index is 1.74. The molecule has 0 amide bonds. The van der Waals surface area contributed by atoms with Gasteiger partial charge in [-0.2, -0.15) is 0 Å². The molecule has 1 saturated carbocycles. The van der Waals surface area contributed by atoms with Crippen molar-refractivity contribution >= 4 is 22.5 Å². The Morgan fingerprint density at radius 2 is 1.67 bits per heavy atom. The molecule has 0 aliphatic heterocycles. The van der Waals surface area contributed by atoms with Gasteiger partial charge in [-0.1, -0.05) is 0 Å². The van der Waals surface area contributed by atoms with Gasteiger partial charge in [-0.15, -0.1) is 0 Å². The van der Waals surface area contributed by atoms with Gasteiger partial charge in [0.1, 0.15) is 0 Å². The fourth-order valence-electron chi connectivity index (χ4n) is 1.39. The molecule has 53 valence electrons. The minimum absolute atomic E-state index is 0. The quantitative estimate of drug-likeness (QED) is 0.613. The van der Waals surface area contributed by atoms with Crippen molar-refractivity contribution in [3.8, 4) is 0 Å². The van der Waals surface area contributed by atoms with Crippen LogP contribution in [0.2, 0.25) is 4.44 Å². The summed E-state index contributed by atoms with van der Waals surface area (Å²) in [7, 11) is 0. The second kappa shape index (κ2) is 5.54. The Balaban J connectivity index is 0.000000640. The molecule has 0 aromatic carbocycles. The molecule has 0 spiro atoms. The van der Waals surface area contributed by atoms with Gasteiger partial charge >= 0.3 is 65.0 Å². The summed E-state index contributed by atoms with van der Waals surface area (Å²) in [4.78, 5) is 0. The van der Waals surface area contributed by atoms with Crippen LogP contribution in [0.4, 0.5) is 0 Å². The van der Waals surface area contributed by atoms with Crippen LogP contribution in [0.25, 0.3) is 0 Å². The van der Waals surface area contributed by atoms with E-state index < -0.39 is 0 Å². The van der Waals surface area contributed by atoms with Gasteiger partial charge in [0.25, 0.3) is 0 Å². The molecular formula is C7H15OSn. The third-order valence-corrected chi connectivity index (χ3v) is 3.66. The van der Waals surface area contributed by atoms with Gasteiger partial charge in [-0.05, 0) is 0 Å². The molecule has 1 nitrogen and oxygen atoms in total. The van der Waals surface area contributed by atoms with Crippen molar-refractivity contribution in [1.29, 1.82) is 0 Å². The molecule has 0 heterocycles. The van der Waals surface area contributed by atoms with Crippen molar-refractivity contribution in [3.05, 3.63) is 0 Å². The summed E-state index contributed by atoms with van der Waals surface area (Å²) in [6.07, 6.45) is 7.60. The standard InChI is InChI=1S/C7H13.H2O.Sn/c1-7-5-3-2-4-6-7;;/h7H,1-6H2;1H2;. The third kappa shape index (κ3) is 3.46. The first-order valence-electron chi connectivity index (χ1n) is 3.58. The van der Waals surface area contributed by atoms with Crippen LogP contribution in [0.15, 0.2) is 0 Å². The molecule has 3 radical (unpaired) electrons. The van der Waals surface area contributed by atoms with Gasteiger partial charge < -0.3 is 5.48 Å². The molecule has 1 aliphatic carbocycles. The number of rotatable bonds is 1. The second-order valence-electron chi connectivity index (χ2n) is 2.71. The Labute approximate surface area is 70.6 Å². The normalized spacial score (nSPS) is 21.0. The molecule has 1 fully saturated rings. The summed E-state index contributed by atoms with van der Waals surface area (Å²) in [6, 6.07) is 0. The van der Waals surface area contributed by atoms with Crippen LogP contribution >= 0.6 is 0 Å². The van der Waals surface area contributed by atoms with Crippen molar-refractivity contribution in [2.24, 2.45) is 5.92 Å². The predicted molar refractivity (Wildman–Crippen MR) is 40.7 cm³/mol. The van der Waals surface area contributed by atoms with E-state index >= 15 is 0 Å². The van der Waals surface area contributed by atoms with Crippen LogP contribution in [0, 0.1) is 5.92 Å². The Morgan fingerprint density at radius 3 is 2.00 bits per heavy atom. The van der Waals surface area contributed by atoms with Crippen molar-refractivity contribution in [2.45, 2.75) is 36.5 Å². The summed E-state index contributed by atoms with van der Waals surface area (Å²) in [5, 5.41) is 0. The Kier molecular flexibility index (Phi) is 6.00. The monoisotopic (exact) mass is 235 g/mol. The molecule has 0 bridgehead atoms. The molecule has 0 aromatic heterocycles. The summed E-state index contributed by atoms with van der Waals surface area (Å²) in [6.45, 7) is 0. The summed E-state index contributed by atoms with van der Waals surface area (Å²) >= 11 is 1.74. The summed E-state index contributed by atoms with van der Waals surface area (Å²) in [5.74, 6) is 1.13. The second-order valence-corrected chi connectivity index (χ2v) is 3.87. The predicted octanol–water partition coefficient (Wildman–Crippen LogP) is 1.33. The molecular weight excluding hydrogens is 219 g/mol. The summed E-state index contributed by atoms with van der Waals surface area (Å²) in [5.41, 5.74) is 0. The Morgan fingerprint density at radius 1 is 1.11 bits per heavy atom. The average Bonchev–Trinajstić information content (AvgIpc) is 1.90. The molecule has 1 aliphatic rings. The molecule has 2 N–H and O–H groups in total. The zero-order valence-electron chi connectivity index (χ0n) is 5.82. The van der Waals surface area contributed by atoms with Crippen LogP contribution in [0.3, 0.4) is 0 Å². The fraction of sp³-hybridized carbons (Fsp3) is 1.00. The molecule has 0 atom stereocenters. The van der Waals surface area contributed by atoms with Crippen molar-refractivity contribution in [3.63, 3.8) is 0 Å². The zero-order chi connectivity index (χ0) is 5.82. The Bertz CT molecular complexity index is 59.9. The first-order valence-corrected chi connectivity index (χ1v) is 5.60. The zero-order valence-corrected chi connectivity index (χ0v) is 8.67. The molecule has 1 rings (SSSR count). The van der Waals surface area contributed by atoms with Crippen LogP contribution in [0.1, 0.15) is 32.1 Å². The van der Waals surface area contributed by atoms with Crippen molar-refractivity contribution in [2.75, 3.05) is 0 Å². The minimum atomic E-state index is 0. The van der Waals surface area contributed by atoms with Gasteiger partial charge in [0.2, 0.25) is 0 Å². The van der Waals surface area contributed by atoms with Gasteiger partial charge in [0.05, 0.1) is 0 Å². The van der Waals surface area contributed by atoms with E-state index in [0.29, 0.717) is 0 Å². The topological polar surface area (TPSA) is 31.5 Å². The van der Waals surface area contributed by atoms with E-state index in [1.165, 1.54) is 36.5 Å². The van der Waals surface area contributed by atoms with E-state index in [4.69, 9.17) is 0 Å².